The molecule has 1 saturated heterocycles. The maximum Gasteiger partial charge on any atom is 0.263 e. The van der Waals surface area contributed by atoms with Gasteiger partial charge in [0.15, 0.2) is 4.75 Å². The van der Waals surface area contributed by atoms with Crippen molar-refractivity contribution in [3.63, 3.8) is 0 Å². The van der Waals surface area contributed by atoms with Crippen LogP contribution in [-0.2, 0) is 14.8 Å². The summed E-state index contributed by atoms with van der Waals surface area (Å²) in [7, 11) is -3.87. The molecule has 1 aliphatic rings. The van der Waals surface area contributed by atoms with E-state index in [2.05, 4.69) is 0 Å². The third kappa shape index (κ3) is 1.67. The largest absolute Gasteiger partial charge is 0.389 e. The topological polar surface area (TPSA) is 80.5 Å². The van der Waals surface area contributed by atoms with Crippen LogP contribution in [0, 0.1) is 5.82 Å². The van der Waals surface area contributed by atoms with Crippen molar-refractivity contribution in [3.8, 4) is 0 Å². The highest BCUT2D eigenvalue weighted by molar-refractivity contribution is 7.98. The van der Waals surface area contributed by atoms with Crippen molar-refractivity contribution >= 4 is 38.8 Å². The van der Waals surface area contributed by atoms with Gasteiger partial charge < -0.3 is 5.73 Å². The zero-order chi connectivity index (χ0) is 14.6. The van der Waals surface area contributed by atoms with Gasteiger partial charge >= 0.3 is 0 Å². The zero-order valence-electron chi connectivity index (χ0n) is 10.2. The summed E-state index contributed by atoms with van der Waals surface area (Å²) >= 11 is 4.70. The molecule has 1 fully saturated rings. The van der Waals surface area contributed by atoms with Crippen LogP contribution >= 0.6 is 12.2 Å². The van der Waals surface area contributed by atoms with Crippen LogP contribution in [0.25, 0.3) is 0 Å². The van der Waals surface area contributed by atoms with E-state index < -0.39 is 26.5 Å². The van der Waals surface area contributed by atoms with Crippen LogP contribution in [0.5, 0.6) is 0 Å². The molecular weight excluding hydrogens is 291 g/mol. The van der Waals surface area contributed by atoms with Gasteiger partial charge in [0.2, 0.25) is 0 Å². The van der Waals surface area contributed by atoms with E-state index in [1.807, 2.05) is 0 Å². The van der Waals surface area contributed by atoms with Gasteiger partial charge in [0.1, 0.15) is 10.8 Å². The number of amides is 1. The van der Waals surface area contributed by atoms with Crippen LogP contribution in [0.2, 0.25) is 0 Å². The lowest BCUT2D eigenvalue weighted by molar-refractivity contribution is -0.120. The fourth-order valence-corrected chi connectivity index (χ4v) is 3.51. The summed E-state index contributed by atoms with van der Waals surface area (Å²) in [5, 5.41) is 0. The van der Waals surface area contributed by atoms with Crippen LogP contribution in [-0.4, -0.2) is 24.1 Å². The summed E-state index contributed by atoms with van der Waals surface area (Å²) in [6, 6.07) is 3.68. The Morgan fingerprint density at radius 2 is 2.00 bits per heavy atom. The number of nitrogens with zero attached hydrogens (tertiary/aromatic N) is 1. The molecule has 2 rings (SSSR count). The molecule has 0 aliphatic carbocycles. The summed E-state index contributed by atoms with van der Waals surface area (Å²) < 4.78 is 36.9. The molecule has 8 heteroatoms. The molecule has 2 N–H and O–H groups in total. The highest BCUT2D eigenvalue weighted by atomic mass is 32.2. The molecule has 1 heterocycles. The number of hydrogen-bond donors (Lipinski definition) is 1. The number of thiocarbonyl (C=S) groups is 1. The second kappa shape index (κ2) is 3.97. The van der Waals surface area contributed by atoms with E-state index >= 15 is 0 Å². The van der Waals surface area contributed by atoms with Crippen molar-refractivity contribution in [2.75, 3.05) is 4.31 Å². The van der Waals surface area contributed by atoms with Crippen molar-refractivity contribution in [2.45, 2.75) is 18.6 Å². The lowest BCUT2D eigenvalue weighted by Crippen LogP contribution is -2.68. The summed E-state index contributed by atoms with van der Waals surface area (Å²) in [4.78, 5) is 11.6. The summed E-state index contributed by atoms with van der Waals surface area (Å²) in [6.45, 7) is 2.59. The Hall–Kier alpha value is -1.54. The smallest absolute Gasteiger partial charge is 0.263 e. The number of carbonyl (C=O) groups is 1. The standard InChI is InChI=1S/C11H11FN2O3S2/c1-11(2)10(15)14(19(11,16)17)7-5-3-4-6(12)8(7)9(13)18/h3-5H,1-2H3,(H2,13,18). The molecule has 1 aromatic carbocycles. The molecule has 0 bridgehead atoms. The number of sulfonamides is 1. The van der Waals surface area contributed by atoms with Crippen LogP contribution < -0.4 is 10.0 Å². The van der Waals surface area contributed by atoms with Gasteiger partial charge in [0, 0.05) is 0 Å². The molecule has 5 nitrogen and oxygen atoms in total. The molecule has 0 aromatic heterocycles. The monoisotopic (exact) mass is 302 g/mol. The Labute approximate surface area is 115 Å². The van der Waals surface area contributed by atoms with Gasteiger partial charge in [0.05, 0.1) is 11.3 Å². The van der Waals surface area contributed by atoms with Crippen LogP contribution in [0.4, 0.5) is 10.1 Å². The number of anilines is 1. The van der Waals surface area contributed by atoms with E-state index in [-0.39, 0.29) is 16.2 Å². The first-order valence-corrected chi connectivity index (χ1v) is 7.15. The van der Waals surface area contributed by atoms with E-state index in [0.717, 1.165) is 6.07 Å². The van der Waals surface area contributed by atoms with Gasteiger partial charge in [0.25, 0.3) is 15.9 Å². The molecule has 1 aliphatic heterocycles. The maximum absolute atomic E-state index is 13.7. The van der Waals surface area contributed by atoms with Gasteiger partial charge in [-0.3, -0.25) is 4.79 Å². The highest BCUT2D eigenvalue weighted by Crippen LogP contribution is 2.40. The molecular formula is C11H11FN2O3S2. The average Bonchev–Trinajstić information content (AvgIpc) is 2.28. The van der Waals surface area contributed by atoms with Crippen molar-refractivity contribution in [2.24, 2.45) is 5.73 Å². The minimum atomic E-state index is -3.87. The lowest BCUT2D eigenvalue weighted by atomic mass is 10.1. The zero-order valence-corrected chi connectivity index (χ0v) is 11.8. The average molecular weight is 302 g/mol. The Kier molecular flexibility index (Phi) is 2.90. The molecule has 0 radical (unpaired) electrons. The molecule has 0 unspecified atom stereocenters. The highest BCUT2D eigenvalue weighted by Gasteiger charge is 2.61. The Morgan fingerprint density at radius 1 is 1.42 bits per heavy atom. The first kappa shape index (κ1) is 13.9. The maximum atomic E-state index is 13.7. The van der Waals surface area contributed by atoms with Crippen molar-refractivity contribution in [1.29, 1.82) is 0 Å². The van der Waals surface area contributed by atoms with E-state index in [1.54, 1.807) is 0 Å². The molecule has 0 spiro atoms. The Bertz CT molecular complexity index is 698. The predicted octanol–water partition coefficient (Wildman–Crippen LogP) is 0.915. The van der Waals surface area contributed by atoms with E-state index in [9.17, 15) is 17.6 Å². The number of benzene rings is 1. The van der Waals surface area contributed by atoms with Gasteiger partial charge in [-0.05, 0) is 26.0 Å². The normalized spacial score (nSPS) is 19.9. The quantitative estimate of drug-likeness (QED) is 0.822. The van der Waals surface area contributed by atoms with Crippen molar-refractivity contribution in [3.05, 3.63) is 29.6 Å². The number of nitrogens with two attached hydrogens (primary N) is 1. The minimum Gasteiger partial charge on any atom is -0.389 e. The van der Waals surface area contributed by atoms with Crippen molar-refractivity contribution < 1.29 is 17.6 Å². The second-order valence-electron chi connectivity index (χ2n) is 4.58. The predicted molar refractivity (Wildman–Crippen MR) is 72.8 cm³/mol. The molecule has 0 saturated carbocycles. The first-order valence-electron chi connectivity index (χ1n) is 5.30. The molecule has 0 atom stereocenters. The number of carbonyl (C=O) groups excluding carboxylic acids is 1. The van der Waals surface area contributed by atoms with Gasteiger partial charge in [-0.15, -0.1) is 0 Å². The molecule has 1 aromatic rings. The molecule has 19 heavy (non-hydrogen) atoms. The lowest BCUT2D eigenvalue weighted by Gasteiger charge is -2.43. The first-order chi connectivity index (χ1) is 8.62. The summed E-state index contributed by atoms with van der Waals surface area (Å²) in [5.41, 5.74) is 5.00. The van der Waals surface area contributed by atoms with Gasteiger partial charge in [-0.2, -0.15) is 0 Å². The fourth-order valence-electron chi connectivity index (χ4n) is 1.82. The molecule has 1 amide bonds. The van der Waals surface area contributed by atoms with Crippen LogP contribution in [0.1, 0.15) is 19.4 Å². The van der Waals surface area contributed by atoms with E-state index in [1.165, 1.54) is 26.0 Å². The third-order valence-electron chi connectivity index (χ3n) is 3.04. The Balaban J connectivity index is 2.67. The second-order valence-corrected chi connectivity index (χ2v) is 7.36. The number of rotatable bonds is 2. The summed E-state index contributed by atoms with van der Waals surface area (Å²) in [6.07, 6.45) is 0. The van der Waals surface area contributed by atoms with Crippen LogP contribution in [0.15, 0.2) is 18.2 Å². The fraction of sp³-hybridized carbons (Fsp3) is 0.273. The molecule has 102 valence electrons. The number of hydrogen-bond acceptors (Lipinski definition) is 4. The minimum absolute atomic E-state index is 0.142. The SMILES string of the molecule is CC1(C)C(=O)N(c2cccc(F)c2C(N)=S)S1(=O)=O. The van der Waals surface area contributed by atoms with E-state index in [4.69, 9.17) is 18.0 Å². The Morgan fingerprint density at radius 3 is 2.47 bits per heavy atom. The third-order valence-corrected chi connectivity index (χ3v) is 5.55. The van der Waals surface area contributed by atoms with E-state index in [0.29, 0.717) is 4.31 Å². The summed E-state index contributed by atoms with van der Waals surface area (Å²) in [5.74, 6) is -1.41. The van der Waals surface area contributed by atoms with Gasteiger partial charge in [-0.25, -0.2) is 17.1 Å². The van der Waals surface area contributed by atoms with Gasteiger partial charge in [-0.1, -0.05) is 18.3 Å². The number of halogens is 1. The van der Waals surface area contributed by atoms with Crippen molar-refractivity contribution in [1.82, 2.24) is 0 Å². The van der Waals surface area contributed by atoms with Crippen LogP contribution in [0.3, 0.4) is 0 Å².